The molecule has 0 atom stereocenters. The molecule has 2 rings (SSSR count). The summed E-state index contributed by atoms with van der Waals surface area (Å²) in [4.78, 5) is 16.6. The van der Waals surface area contributed by atoms with Crippen LogP contribution < -0.4 is 4.74 Å². The molecule has 1 aromatic carbocycles. The number of nitrogens with zero attached hydrogens (tertiary/aromatic N) is 2. The van der Waals surface area contributed by atoms with Gasteiger partial charge in [0.25, 0.3) is 0 Å². The van der Waals surface area contributed by atoms with Crippen molar-refractivity contribution in [2.75, 3.05) is 39.8 Å². The molecule has 1 aromatic rings. The molecule has 1 aliphatic heterocycles. The molecule has 0 radical (unpaired) electrons. The van der Waals surface area contributed by atoms with E-state index in [1.54, 1.807) is 13.2 Å². The topological polar surface area (TPSA) is 32.8 Å². The minimum absolute atomic E-state index is 0.110. The first kappa shape index (κ1) is 15.6. The lowest BCUT2D eigenvalue weighted by Crippen LogP contribution is -2.48. The van der Waals surface area contributed by atoms with Crippen LogP contribution >= 0.6 is 0 Å². The smallest absolute Gasteiger partial charge is 0.246 e. The fraction of sp³-hybridized carbons (Fsp3) is 0.471. The van der Waals surface area contributed by atoms with Crippen LogP contribution in [0.3, 0.4) is 0 Å². The predicted octanol–water partition coefficient (Wildman–Crippen LogP) is 2.26. The third-order valence-corrected chi connectivity index (χ3v) is 4.02. The number of carbonyl (C=O) groups excluding carboxylic acids is 1. The highest BCUT2D eigenvalue weighted by Gasteiger charge is 2.18. The van der Waals surface area contributed by atoms with Gasteiger partial charge in [-0.3, -0.25) is 4.79 Å². The second-order valence-corrected chi connectivity index (χ2v) is 5.32. The van der Waals surface area contributed by atoms with Crippen molar-refractivity contribution in [3.05, 3.63) is 35.9 Å². The summed E-state index contributed by atoms with van der Waals surface area (Å²) in [5.74, 6) is 0.938. The lowest BCUT2D eigenvalue weighted by molar-refractivity contribution is -0.127. The molecule has 4 nitrogen and oxygen atoms in total. The lowest BCUT2D eigenvalue weighted by atomic mass is 10.1. The second-order valence-electron chi connectivity index (χ2n) is 5.32. The fourth-order valence-corrected chi connectivity index (χ4v) is 2.50. The predicted molar refractivity (Wildman–Crippen MR) is 85.3 cm³/mol. The van der Waals surface area contributed by atoms with E-state index in [2.05, 4.69) is 11.8 Å². The van der Waals surface area contributed by atoms with Crippen molar-refractivity contribution in [2.45, 2.75) is 13.8 Å². The van der Waals surface area contributed by atoms with E-state index in [4.69, 9.17) is 4.74 Å². The van der Waals surface area contributed by atoms with E-state index >= 15 is 0 Å². The fourth-order valence-electron chi connectivity index (χ4n) is 2.50. The minimum atomic E-state index is 0.110. The molecule has 1 heterocycles. The molecule has 0 aromatic heterocycles. The van der Waals surface area contributed by atoms with Crippen molar-refractivity contribution in [2.24, 2.45) is 0 Å². The Morgan fingerprint density at radius 1 is 1.19 bits per heavy atom. The average Bonchev–Trinajstić information content (AvgIpc) is 2.55. The number of ether oxygens (including phenoxy) is 1. The number of carbonyl (C=O) groups is 1. The standard InChI is InChI=1S/C17H24N2O2/c1-4-18-9-11-19(12-10-18)17(20)13-14(2)15-5-7-16(21-3)8-6-15/h5-8,13H,4,9-12H2,1-3H3/b14-13+. The molecule has 0 saturated carbocycles. The van der Waals surface area contributed by atoms with Gasteiger partial charge >= 0.3 is 0 Å². The molecule has 114 valence electrons. The number of hydrogen-bond acceptors (Lipinski definition) is 3. The summed E-state index contributed by atoms with van der Waals surface area (Å²) >= 11 is 0. The van der Waals surface area contributed by atoms with Crippen LogP contribution in [0, 0.1) is 0 Å². The largest absolute Gasteiger partial charge is 0.497 e. The molecule has 1 fully saturated rings. The monoisotopic (exact) mass is 288 g/mol. The van der Waals surface area contributed by atoms with Gasteiger partial charge in [0.2, 0.25) is 5.91 Å². The molecule has 4 heteroatoms. The van der Waals surface area contributed by atoms with Crippen molar-refractivity contribution < 1.29 is 9.53 Å². The van der Waals surface area contributed by atoms with Crippen LogP contribution in [0.15, 0.2) is 30.3 Å². The molecule has 1 saturated heterocycles. The molecule has 0 unspecified atom stereocenters. The highest BCUT2D eigenvalue weighted by atomic mass is 16.5. The Morgan fingerprint density at radius 2 is 1.81 bits per heavy atom. The normalized spacial score (nSPS) is 16.9. The van der Waals surface area contributed by atoms with E-state index in [-0.39, 0.29) is 5.91 Å². The Morgan fingerprint density at radius 3 is 2.33 bits per heavy atom. The number of rotatable bonds is 4. The van der Waals surface area contributed by atoms with Crippen molar-refractivity contribution in [3.63, 3.8) is 0 Å². The second kappa shape index (κ2) is 7.27. The molecule has 0 N–H and O–H groups in total. The van der Waals surface area contributed by atoms with E-state index in [0.29, 0.717) is 0 Å². The minimum Gasteiger partial charge on any atom is -0.497 e. The van der Waals surface area contributed by atoms with Crippen LogP contribution in [0.5, 0.6) is 5.75 Å². The first-order valence-corrected chi connectivity index (χ1v) is 7.48. The number of benzene rings is 1. The Balaban J connectivity index is 1.99. The summed E-state index contributed by atoms with van der Waals surface area (Å²) in [5.41, 5.74) is 2.04. The maximum absolute atomic E-state index is 12.3. The Kier molecular flexibility index (Phi) is 5.39. The van der Waals surface area contributed by atoms with Crippen LogP contribution in [0.4, 0.5) is 0 Å². The van der Waals surface area contributed by atoms with Crippen LogP contribution in [0.2, 0.25) is 0 Å². The zero-order chi connectivity index (χ0) is 15.2. The molecule has 1 amide bonds. The number of hydrogen-bond donors (Lipinski definition) is 0. The first-order chi connectivity index (χ1) is 10.1. The number of methoxy groups -OCH3 is 1. The number of amides is 1. The maximum Gasteiger partial charge on any atom is 0.246 e. The van der Waals surface area contributed by atoms with Gasteiger partial charge in [0.05, 0.1) is 7.11 Å². The summed E-state index contributed by atoms with van der Waals surface area (Å²) in [6, 6.07) is 7.79. The van der Waals surface area contributed by atoms with Gasteiger partial charge in [-0.25, -0.2) is 0 Å². The summed E-state index contributed by atoms with van der Waals surface area (Å²) in [6.45, 7) is 8.77. The van der Waals surface area contributed by atoms with Crippen molar-refractivity contribution in [1.82, 2.24) is 9.80 Å². The molecule has 0 bridgehead atoms. The van der Waals surface area contributed by atoms with Gasteiger partial charge in [0.15, 0.2) is 0 Å². The van der Waals surface area contributed by atoms with Gasteiger partial charge in [-0.05, 0) is 36.7 Å². The summed E-state index contributed by atoms with van der Waals surface area (Å²) in [5, 5.41) is 0. The van der Waals surface area contributed by atoms with Gasteiger partial charge in [-0.15, -0.1) is 0 Å². The number of likely N-dealkylation sites (N-methyl/N-ethyl adjacent to an activating group) is 1. The van der Waals surface area contributed by atoms with Crippen LogP contribution in [-0.2, 0) is 4.79 Å². The summed E-state index contributed by atoms with van der Waals surface area (Å²) in [7, 11) is 1.65. The number of allylic oxidation sites excluding steroid dienone is 1. The van der Waals surface area contributed by atoms with Crippen LogP contribution in [0.1, 0.15) is 19.4 Å². The molecular weight excluding hydrogens is 264 g/mol. The zero-order valence-electron chi connectivity index (χ0n) is 13.1. The number of piperazine rings is 1. The van der Waals surface area contributed by atoms with Crippen LogP contribution in [-0.4, -0.2) is 55.5 Å². The molecular formula is C17H24N2O2. The highest BCUT2D eigenvalue weighted by Crippen LogP contribution is 2.18. The average molecular weight is 288 g/mol. The van der Waals surface area contributed by atoms with Gasteiger partial charge in [0, 0.05) is 32.3 Å². The van der Waals surface area contributed by atoms with E-state index in [9.17, 15) is 4.79 Å². The third kappa shape index (κ3) is 4.08. The molecule has 1 aliphatic rings. The zero-order valence-corrected chi connectivity index (χ0v) is 13.1. The third-order valence-electron chi connectivity index (χ3n) is 4.02. The van der Waals surface area contributed by atoms with E-state index < -0.39 is 0 Å². The maximum atomic E-state index is 12.3. The van der Waals surface area contributed by atoms with Crippen molar-refractivity contribution in [1.29, 1.82) is 0 Å². The Bertz CT molecular complexity index is 500. The molecule has 0 aliphatic carbocycles. The van der Waals surface area contributed by atoms with Crippen molar-refractivity contribution >= 4 is 11.5 Å². The Hall–Kier alpha value is -1.81. The highest BCUT2D eigenvalue weighted by molar-refractivity contribution is 5.95. The van der Waals surface area contributed by atoms with E-state index in [1.165, 1.54) is 0 Å². The first-order valence-electron chi connectivity index (χ1n) is 7.48. The lowest BCUT2D eigenvalue weighted by Gasteiger charge is -2.33. The van der Waals surface area contributed by atoms with E-state index in [0.717, 1.165) is 49.6 Å². The van der Waals surface area contributed by atoms with Crippen LogP contribution in [0.25, 0.3) is 5.57 Å². The van der Waals surface area contributed by atoms with E-state index in [1.807, 2.05) is 36.1 Å². The molecule has 0 spiro atoms. The van der Waals surface area contributed by atoms with Gasteiger partial charge in [-0.2, -0.15) is 0 Å². The van der Waals surface area contributed by atoms with Gasteiger partial charge < -0.3 is 14.5 Å². The Labute approximate surface area is 127 Å². The summed E-state index contributed by atoms with van der Waals surface area (Å²) in [6.07, 6.45) is 1.74. The van der Waals surface area contributed by atoms with Gasteiger partial charge in [0.1, 0.15) is 5.75 Å². The molecule has 21 heavy (non-hydrogen) atoms. The summed E-state index contributed by atoms with van der Waals surface area (Å²) < 4.78 is 5.15. The van der Waals surface area contributed by atoms with Gasteiger partial charge in [-0.1, -0.05) is 19.1 Å². The SMILES string of the molecule is CCN1CCN(C(=O)/C=C(\C)c2ccc(OC)cc2)CC1. The quantitative estimate of drug-likeness (QED) is 0.797. The van der Waals surface area contributed by atoms with Crippen molar-refractivity contribution in [3.8, 4) is 5.75 Å².